The van der Waals surface area contributed by atoms with Crippen molar-refractivity contribution in [2.75, 3.05) is 13.7 Å². The summed E-state index contributed by atoms with van der Waals surface area (Å²) in [5, 5.41) is 70.9. The molecule has 1 fully saturated rings. The van der Waals surface area contributed by atoms with Crippen molar-refractivity contribution in [3.8, 4) is 23.0 Å². The van der Waals surface area contributed by atoms with E-state index in [0.29, 0.717) is 24.8 Å². The summed E-state index contributed by atoms with van der Waals surface area (Å²) in [7, 11) is 1.20. The van der Waals surface area contributed by atoms with Crippen molar-refractivity contribution < 1.29 is 73.1 Å². The van der Waals surface area contributed by atoms with Gasteiger partial charge in [0.2, 0.25) is 47.3 Å². The Kier molecular flexibility index (Phi) is 32.5. The van der Waals surface area contributed by atoms with E-state index >= 15 is 4.79 Å². The third kappa shape index (κ3) is 23.4. The summed E-state index contributed by atoms with van der Waals surface area (Å²) >= 11 is 0. The lowest BCUT2D eigenvalue weighted by molar-refractivity contribution is -0.385. The third-order valence-corrected chi connectivity index (χ3v) is 15.8. The molecule has 23 nitrogen and oxygen atoms in total. The summed E-state index contributed by atoms with van der Waals surface area (Å²) in [5.41, 5.74) is 6.18. The SMILES string of the molecule is CCCCCCCCCCCC(=O)N[C@H]1[C@H](Oc2cc3cc(c2OC)Oc2ccc(cc2[N+](=O)[O-])C[C@H](NC(=O)[C@H](N)CC(C)C)C(=O)N[C@H](Cc2ccccc2)C(=O)N[C@H]3[C@H](NC(=O)CCCCCCCCCCC)C(=O)O)O[C@H](CO)[C@@H](O)[C@@H]1O.Cl. The van der Waals surface area contributed by atoms with Gasteiger partial charge in [0, 0.05) is 31.7 Å². The Bertz CT molecular complexity index is 2690. The van der Waals surface area contributed by atoms with Crippen LogP contribution in [-0.2, 0) is 46.3 Å². The molecule has 1 saturated heterocycles. The van der Waals surface area contributed by atoms with Crippen molar-refractivity contribution in [1.29, 1.82) is 0 Å². The molecule has 0 saturated carbocycles. The Hall–Kier alpha value is -6.63. The number of amides is 5. The first kappa shape index (κ1) is 73.8. The van der Waals surface area contributed by atoms with Crippen LogP contribution >= 0.6 is 12.4 Å². The van der Waals surface area contributed by atoms with E-state index in [0.717, 1.165) is 89.5 Å². The Morgan fingerprint density at radius 2 is 1.36 bits per heavy atom. The number of unbranched alkanes of at least 4 members (excludes halogenated alkanes) is 16. The summed E-state index contributed by atoms with van der Waals surface area (Å²) in [4.78, 5) is 97.4. The number of ether oxygens (including phenoxy) is 4. The fourth-order valence-electron chi connectivity index (χ4n) is 10.9. The summed E-state index contributed by atoms with van der Waals surface area (Å²) in [5.74, 6) is -6.89. The van der Waals surface area contributed by atoms with Crippen LogP contribution in [-0.4, -0.2) is 129 Å². The molecule has 3 aliphatic heterocycles. The van der Waals surface area contributed by atoms with E-state index in [1.807, 2.05) is 13.8 Å². The molecule has 4 bridgehead atoms. The minimum absolute atomic E-state index is 0. The molecule has 0 aromatic heterocycles. The maximum atomic E-state index is 15.3. The number of aliphatic carboxylic acids is 1. The van der Waals surface area contributed by atoms with Gasteiger partial charge in [0.05, 0.1) is 30.7 Å². The number of hydrogen-bond acceptors (Lipinski definition) is 16. The number of aliphatic hydroxyl groups is 3. The topological polar surface area (TPSA) is 350 Å². The Balaban J connectivity index is 0.0000166. The highest BCUT2D eigenvalue weighted by Crippen LogP contribution is 2.46. The standard InChI is InChI=1S/C64H95N7O16.ClH/c1-6-8-10-12-14-16-18-20-25-29-52(73)68-55(63(80)81)54-43-37-49(59(84-5)50(38-43)86-64-56(58(76)57(75)51(39-72)87-64)69-53(74)30-26-21-19-17-15-13-11-9-7-2)85-48-32-31-42(36-47(48)71(82)83)35-46(66-60(77)44(65)33-40(3)4)61(78)67-45(62(79)70-54)34-41-27-23-22-24-28-41;/h22-24,27-28,31-32,36-38,40,44-46,51,54-58,64,72,75-76H,6-21,25-26,29-30,33-35,39,65H2,1-5H3,(H,66,77)(H,67,78)(H,68,73)(H,69,74)(H,70,79)(H,80,81);1H/t44-,45-,46+,51-,54-,55+,56-,57-,58-,64-;/m1./s1. The van der Waals surface area contributed by atoms with Gasteiger partial charge in [-0.2, -0.15) is 0 Å². The van der Waals surface area contributed by atoms with Gasteiger partial charge in [0.1, 0.15) is 36.4 Å². The minimum atomic E-state index is -2.00. The largest absolute Gasteiger partial charge is 0.490 e. The fraction of sp³-hybridized carbons (Fsp3) is 0.625. The van der Waals surface area contributed by atoms with Crippen LogP contribution in [0.5, 0.6) is 23.0 Å². The maximum Gasteiger partial charge on any atom is 0.328 e. The van der Waals surface area contributed by atoms with Gasteiger partial charge in [-0.15, -0.1) is 12.4 Å². The number of nitrogens with one attached hydrogen (secondary N) is 5. The average Bonchev–Trinajstić information content (AvgIpc) is 1.60. The Morgan fingerprint density at radius 3 is 1.92 bits per heavy atom. The number of carboxylic acid groups (broad SMARTS) is 1. The second-order valence-corrected chi connectivity index (χ2v) is 23.4. The smallest absolute Gasteiger partial charge is 0.328 e. The molecular weight excluding hydrogens is 1160 g/mol. The highest BCUT2D eigenvalue weighted by molar-refractivity contribution is 5.94. The third-order valence-electron chi connectivity index (χ3n) is 15.8. The number of aliphatic hydroxyl groups excluding tert-OH is 3. The molecule has 0 spiro atoms. The second-order valence-electron chi connectivity index (χ2n) is 23.4. The molecule has 11 N–H and O–H groups in total. The molecular formula is C64H96ClN7O16. The molecule has 490 valence electrons. The van der Waals surface area contributed by atoms with Gasteiger partial charge in [0.15, 0.2) is 17.5 Å². The average molecular weight is 1250 g/mol. The number of nitrogens with two attached hydrogens (primary N) is 1. The number of carboxylic acids is 1. The summed E-state index contributed by atoms with van der Waals surface area (Å²) in [6.07, 6.45) is 10.3. The van der Waals surface area contributed by atoms with Gasteiger partial charge in [-0.3, -0.25) is 34.1 Å². The highest BCUT2D eigenvalue weighted by atomic mass is 35.5. The van der Waals surface area contributed by atoms with Gasteiger partial charge in [-0.05, 0) is 60.1 Å². The molecule has 3 aliphatic rings. The van der Waals surface area contributed by atoms with Gasteiger partial charge >= 0.3 is 11.7 Å². The van der Waals surface area contributed by atoms with Crippen molar-refractivity contribution in [2.24, 2.45) is 11.7 Å². The number of halogens is 1. The van der Waals surface area contributed by atoms with E-state index in [1.165, 1.54) is 44.2 Å². The van der Waals surface area contributed by atoms with Crippen molar-refractivity contribution in [1.82, 2.24) is 26.6 Å². The summed E-state index contributed by atoms with van der Waals surface area (Å²) in [6, 6.07) is 5.35. The molecule has 3 aromatic carbocycles. The first-order valence-electron chi connectivity index (χ1n) is 31.3. The maximum absolute atomic E-state index is 15.3. The van der Waals surface area contributed by atoms with E-state index in [4.69, 9.17) is 24.7 Å². The van der Waals surface area contributed by atoms with Gasteiger partial charge in [0.25, 0.3) is 0 Å². The molecule has 3 heterocycles. The zero-order chi connectivity index (χ0) is 63.4. The number of carbonyl (C=O) groups excluding carboxylic acids is 5. The number of fused-ring (bicyclic) bond motifs is 9. The van der Waals surface area contributed by atoms with Gasteiger partial charge < -0.3 is 71.7 Å². The molecule has 5 amide bonds. The van der Waals surface area contributed by atoms with Gasteiger partial charge in [-0.25, -0.2) is 4.79 Å². The molecule has 10 atom stereocenters. The minimum Gasteiger partial charge on any atom is -0.490 e. The molecule has 0 aliphatic carbocycles. The van der Waals surface area contributed by atoms with Crippen LogP contribution in [0, 0.1) is 16.0 Å². The van der Waals surface area contributed by atoms with Crippen molar-refractivity contribution in [3.63, 3.8) is 0 Å². The molecule has 3 aromatic rings. The molecule has 24 heteroatoms. The molecule has 0 radical (unpaired) electrons. The van der Waals surface area contributed by atoms with E-state index in [1.54, 1.807) is 30.3 Å². The van der Waals surface area contributed by atoms with E-state index in [9.17, 15) is 54.5 Å². The lowest BCUT2D eigenvalue weighted by Gasteiger charge is -2.42. The van der Waals surface area contributed by atoms with Crippen LogP contribution in [0.2, 0.25) is 0 Å². The van der Waals surface area contributed by atoms with Crippen LogP contribution in [0.4, 0.5) is 5.69 Å². The van der Waals surface area contributed by atoms with E-state index < -0.39 is 119 Å². The monoisotopic (exact) mass is 1250 g/mol. The second kappa shape index (κ2) is 38.7. The lowest BCUT2D eigenvalue weighted by Crippen LogP contribution is -2.65. The first-order valence-corrected chi connectivity index (χ1v) is 31.3. The number of rotatable bonds is 35. The zero-order valence-electron chi connectivity index (χ0n) is 51.7. The quantitative estimate of drug-likeness (QED) is 0.0152. The molecule has 6 rings (SSSR count). The number of nitro benzene ring substituents is 1. The highest BCUT2D eigenvalue weighted by Gasteiger charge is 2.47. The van der Waals surface area contributed by atoms with Crippen LogP contribution in [0.1, 0.15) is 185 Å². The van der Waals surface area contributed by atoms with Crippen LogP contribution in [0.25, 0.3) is 0 Å². The zero-order valence-corrected chi connectivity index (χ0v) is 52.5. The number of methoxy groups -OCH3 is 1. The first-order chi connectivity index (χ1) is 41.8. The molecule has 88 heavy (non-hydrogen) atoms. The fourth-order valence-corrected chi connectivity index (χ4v) is 10.9. The van der Waals surface area contributed by atoms with E-state index in [-0.39, 0.29) is 78.8 Å². The van der Waals surface area contributed by atoms with Gasteiger partial charge in [-0.1, -0.05) is 167 Å². The van der Waals surface area contributed by atoms with Crippen LogP contribution < -0.4 is 46.5 Å². The van der Waals surface area contributed by atoms with Crippen molar-refractivity contribution >= 4 is 53.6 Å². The molecule has 0 unspecified atom stereocenters. The summed E-state index contributed by atoms with van der Waals surface area (Å²) in [6.45, 7) is 7.20. The summed E-state index contributed by atoms with van der Waals surface area (Å²) < 4.78 is 24.8. The number of hydrogen-bond donors (Lipinski definition) is 10. The van der Waals surface area contributed by atoms with Crippen molar-refractivity contribution in [3.05, 3.63) is 87.5 Å². The number of carbonyl (C=O) groups is 6. The number of nitro groups is 1. The normalized spacial score (nSPS) is 20.9. The van der Waals surface area contributed by atoms with Crippen LogP contribution in [0.15, 0.2) is 60.7 Å². The number of nitrogens with zero attached hydrogens (tertiary/aromatic N) is 1. The Labute approximate surface area is 523 Å². The van der Waals surface area contributed by atoms with Crippen molar-refractivity contribution in [2.45, 2.75) is 236 Å². The number of benzene rings is 3. The predicted molar refractivity (Wildman–Crippen MR) is 333 cm³/mol. The van der Waals surface area contributed by atoms with Crippen LogP contribution in [0.3, 0.4) is 0 Å². The predicted octanol–water partition coefficient (Wildman–Crippen LogP) is 7.83. The lowest BCUT2D eigenvalue weighted by atomic mass is 9.95. The van der Waals surface area contributed by atoms with E-state index in [2.05, 4.69) is 40.4 Å². The Morgan fingerprint density at radius 1 is 0.773 bits per heavy atom.